The van der Waals surface area contributed by atoms with Gasteiger partial charge in [0, 0.05) is 30.2 Å². The fourth-order valence-electron chi connectivity index (χ4n) is 3.71. The van der Waals surface area contributed by atoms with Crippen LogP contribution in [0, 0.1) is 5.82 Å². The minimum Gasteiger partial charge on any atom is -0.353 e. The molecule has 0 radical (unpaired) electrons. The largest absolute Gasteiger partial charge is 0.353 e. The molecule has 0 saturated heterocycles. The third-order valence-corrected chi connectivity index (χ3v) is 5.15. The van der Waals surface area contributed by atoms with Gasteiger partial charge in [-0.3, -0.25) is 19.4 Å². The van der Waals surface area contributed by atoms with Crippen LogP contribution in [0.15, 0.2) is 55.2 Å². The minimum absolute atomic E-state index is 0.0573. The van der Waals surface area contributed by atoms with Crippen molar-refractivity contribution in [2.24, 2.45) is 0 Å². The maximum Gasteiger partial charge on any atom is 0.224 e. The predicted molar refractivity (Wildman–Crippen MR) is 103 cm³/mol. The Morgan fingerprint density at radius 1 is 1.18 bits per heavy atom. The van der Waals surface area contributed by atoms with Crippen molar-refractivity contribution in [1.29, 1.82) is 0 Å². The zero-order chi connectivity index (χ0) is 19.3. The van der Waals surface area contributed by atoms with Crippen LogP contribution in [0.2, 0.25) is 0 Å². The Balaban J connectivity index is 1.29. The smallest absolute Gasteiger partial charge is 0.224 e. The molecule has 1 amide bonds. The molecule has 7 heteroatoms. The first-order valence-corrected chi connectivity index (χ1v) is 9.52. The van der Waals surface area contributed by atoms with Gasteiger partial charge in [0.05, 0.1) is 30.6 Å². The second kappa shape index (κ2) is 8.29. The summed E-state index contributed by atoms with van der Waals surface area (Å²) in [6, 6.07) is 6.67. The molecule has 0 bridgehead atoms. The van der Waals surface area contributed by atoms with E-state index in [1.54, 1.807) is 30.7 Å². The van der Waals surface area contributed by atoms with Gasteiger partial charge in [0.25, 0.3) is 0 Å². The summed E-state index contributed by atoms with van der Waals surface area (Å²) in [5.74, 6) is -0.371. The van der Waals surface area contributed by atoms with Crippen LogP contribution in [0.3, 0.4) is 0 Å². The molecule has 2 aromatic heterocycles. The molecule has 0 unspecified atom stereocenters. The van der Waals surface area contributed by atoms with Crippen molar-refractivity contribution in [2.45, 2.75) is 44.2 Å². The van der Waals surface area contributed by atoms with Gasteiger partial charge in [-0.15, -0.1) is 0 Å². The van der Waals surface area contributed by atoms with Gasteiger partial charge in [-0.05, 0) is 43.4 Å². The molecule has 1 aliphatic rings. The Bertz CT molecular complexity index is 935. The van der Waals surface area contributed by atoms with Crippen molar-refractivity contribution in [3.05, 3.63) is 66.6 Å². The Hall–Kier alpha value is -3.09. The minimum atomic E-state index is -0.314. The first-order chi connectivity index (χ1) is 13.7. The van der Waals surface area contributed by atoms with Crippen molar-refractivity contribution in [1.82, 2.24) is 25.1 Å². The van der Waals surface area contributed by atoms with Crippen molar-refractivity contribution in [3.8, 4) is 11.3 Å². The lowest BCUT2D eigenvalue weighted by Gasteiger charge is -2.29. The summed E-state index contributed by atoms with van der Waals surface area (Å²) in [5.41, 5.74) is 2.46. The van der Waals surface area contributed by atoms with E-state index in [1.165, 1.54) is 12.1 Å². The molecule has 6 nitrogen and oxygen atoms in total. The molecular formula is C21H22FN5O. The number of amides is 1. The number of hydrogen-bond donors (Lipinski definition) is 1. The molecule has 2 heterocycles. The third-order valence-electron chi connectivity index (χ3n) is 5.15. The number of hydrogen-bond acceptors (Lipinski definition) is 4. The lowest BCUT2D eigenvalue weighted by Crippen LogP contribution is -2.38. The maximum atomic E-state index is 13.2. The van der Waals surface area contributed by atoms with Crippen molar-refractivity contribution in [2.75, 3.05) is 0 Å². The molecule has 4 rings (SSSR count). The number of carbonyl (C=O) groups is 1. The van der Waals surface area contributed by atoms with E-state index in [4.69, 9.17) is 0 Å². The molecule has 0 spiro atoms. The van der Waals surface area contributed by atoms with E-state index in [0.29, 0.717) is 11.6 Å². The van der Waals surface area contributed by atoms with Crippen LogP contribution in [0.1, 0.15) is 37.3 Å². The van der Waals surface area contributed by atoms with Gasteiger partial charge in [0.2, 0.25) is 5.91 Å². The Kier molecular flexibility index (Phi) is 5.41. The van der Waals surface area contributed by atoms with Gasteiger partial charge in [-0.1, -0.05) is 12.1 Å². The average molecular weight is 379 g/mol. The predicted octanol–water partition coefficient (Wildman–Crippen LogP) is 3.32. The van der Waals surface area contributed by atoms with Gasteiger partial charge in [-0.25, -0.2) is 4.39 Å². The number of nitrogens with one attached hydrogen (secondary N) is 1. The SMILES string of the molecule is O=C(Cc1cccc(F)c1)NC1CCC(n2cc(-c3cnccn3)cn2)CC1. The summed E-state index contributed by atoms with van der Waals surface area (Å²) in [6.45, 7) is 0. The van der Waals surface area contributed by atoms with Crippen LogP contribution in [-0.2, 0) is 11.2 Å². The quantitative estimate of drug-likeness (QED) is 0.738. The first-order valence-electron chi connectivity index (χ1n) is 9.52. The van der Waals surface area contributed by atoms with E-state index >= 15 is 0 Å². The van der Waals surface area contributed by atoms with Crippen LogP contribution in [0.5, 0.6) is 0 Å². The lowest BCUT2D eigenvalue weighted by molar-refractivity contribution is -0.121. The average Bonchev–Trinajstić information content (AvgIpc) is 3.19. The van der Waals surface area contributed by atoms with Crippen LogP contribution in [0.25, 0.3) is 11.3 Å². The van der Waals surface area contributed by atoms with Crippen LogP contribution in [0.4, 0.5) is 4.39 Å². The maximum absolute atomic E-state index is 13.2. The molecule has 1 saturated carbocycles. The van der Waals surface area contributed by atoms with E-state index in [9.17, 15) is 9.18 Å². The molecule has 1 fully saturated rings. The summed E-state index contributed by atoms with van der Waals surface area (Å²) in [4.78, 5) is 20.6. The summed E-state index contributed by atoms with van der Waals surface area (Å²) in [6.07, 6.45) is 12.8. The van der Waals surface area contributed by atoms with Crippen LogP contribution < -0.4 is 5.32 Å². The Morgan fingerprint density at radius 3 is 2.79 bits per heavy atom. The molecular weight excluding hydrogens is 357 g/mol. The molecule has 144 valence electrons. The third kappa shape index (κ3) is 4.42. The van der Waals surface area contributed by atoms with Crippen molar-refractivity contribution in [3.63, 3.8) is 0 Å². The molecule has 0 aliphatic heterocycles. The highest BCUT2D eigenvalue weighted by atomic mass is 19.1. The fraction of sp³-hybridized carbons (Fsp3) is 0.333. The number of nitrogens with zero attached hydrogens (tertiary/aromatic N) is 4. The van der Waals surface area contributed by atoms with Crippen molar-refractivity contribution < 1.29 is 9.18 Å². The number of carbonyl (C=O) groups excluding carboxylic acids is 1. The normalized spacial score (nSPS) is 19.3. The highest BCUT2D eigenvalue weighted by molar-refractivity contribution is 5.78. The second-order valence-corrected chi connectivity index (χ2v) is 7.18. The Labute approximate surface area is 162 Å². The first kappa shape index (κ1) is 18.3. The van der Waals surface area contributed by atoms with E-state index in [1.807, 2.05) is 17.1 Å². The van der Waals surface area contributed by atoms with Crippen LogP contribution >= 0.6 is 0 Å². The number of halogens is 1. The zero-order valence-electron chi connectivity index (χ0n) is 15.5. The van der Waals surface area contributed by atoms with E-state index < -0.39 is 0 Å². The van der Waals surface area contributed by atoms with Crippen molar-refractivity contribution >= 4 is 5.91 Å². The molecule has 1 aliphatic carbocycles. The van der Waals surface area contributed by atoms with Gasteiger partial charge in [0.15, 0.2) is 0 Å². The fourth-order valence-corrected chi connectivity index (χ4v) is 3.71. The second-order valence-electron chi connectivity index (χ2n) is 7.18. The van der Waals surface area contributed by atoms with Gasteiger partial charge < -0.3 is 5.32 Å². The summed E-state index contributed by atoms with van der Waals surface area (Å²) in [5, 5.41) is 7.57. The number of aromatic nitrogens is 4. The summed E-state index contributed by atoms with van der Waals surface area (Å²) < 4.78 is 15.2. The van der Waals surface area contributed by atoms with Gasteiger partial charge in [-0.2, -0.15) is 5.10 Å². The summed E-state index contributed by atoms with van der Waals surface area (Å²) >= 11 is 0. The highest BCUT2D eigenvalue weighted by Gasteiger charge is 2.24. The van der Waals surface area contributed by atoms with Gasteiger partial charge >= 0.3 is 0 Å². The van der Waals surface area contributed by atoms with Gasteiger partial charge in [0.1, 0.15) is 5.82 Å². The number of rotatable bonds is 5. The molecule has 1 aromatic carbocycles. The number of benzene rings is 1. The van der Waals surface area contributed by atoms with E-state index in [2.05, 4.69) is 20.4 Å². The monoisotopic (exact) mass is 379 g/mol. The zero-order valence-corrected chi connectivity index (χ0v) is 15.5. The standard InChI is InChI=1S/C21H22FN5O/c22-17-3-1-2-15(10-17)11-21(28)26-18-4-6-19(7-5-18)27-14-16(12-25-27)20-13-23-8-9-24-20/h1-3,8-10,12-14,18-19H,4-7,11H2,(H,26,28). The van der Waals surface area contributed by atoms with E-state index in [-0.39, 0.29) is 24.2 Å². The Morgan fingerprint density at radius 2 is 2.04 bits per heavy atom. The lowest BCUT2D eigenvalue weighted by atomic mass is 9.91. The van der Waals surface area contributed by atoms with Crippen LogP contribution in [-0.4, -0.2) is 31.7 Å². The molecule has 0 atom stereocenters. The molecule has 3 aromatic rings. The highest BCUT2D eigenvalue weighted by Crippen LogP contribution is 2.29. The van der Waals surface area contributed by atoms with E-state index in [0.717, 1.165) is 36.9 Å². The summed E-state index contributed by atoms with van der Waals surface area (Å²) in [7, 11) is 0. The topological polar surface area (TPSA) is 72.7 Å². The molecule has 28 heavy (non-hydrogen) atoms. The molecule has 1 N–H and O–H groups in total.